The molecular formula is C17H14FN3. The zero-order valence-corrected chi connectivity index (χ0v) is 11.3. The van der Waals surface area contributed by atoms with Gasteiger partial charge in [0.05, 0.1) is 0 Å². The first kappa shape index (κ1) is 13.2. The third kappa shape index (κ3) is 3.42. The van der Waals surface area contributed by atoms with Crippen molar-refractivity contribution in [1.82, 2.24) is 9.97 Å². The van der Waals surface area contributed by atoms with E-state index in [1.54, 1.807) is 0 Å². The Balaban J connectivity index is 1.86. The standard InChI is InChI=1S/C17H14FN3/c18-16-11-17(20-12-19-16)21-15-9-5-4-8-14(15)10-13-6-2-1-3-7-13/h1-9,11-12H,10H2,(H,19,20,21). The van der Waals surface area contributed by atoms with E-state index in [2.05, 4.69) is 27.4 Å². The van der Waals surface area contributed by atoms with Crippen LogP contribution in [0, 0.1) is 5.95 Å². The molecule has 0 amide bonds. The fourth-order valence-electron chi connectivity index (χ4n) is 2.15. The van der Waals surface area contributed by atoms with Gasteiger partial charge in [0.1, 0.15) is 12.1 Å². The van der Waals surface area contributed by atoms with Crippen molar-refractivity contribution < 1.29 is 4.39 Å². The molecule has 0 fully saturated rings. The van der Waals surface area contributed by atoms with Crippen molar-refractivity contribution in [3.8, 4) is 0 Å². The van der Waals surface area contributed by atoms with Crippen molar-refractivity contribution >= 4 is 11.5 Å². The Morgan fingerprint density at radius 2 is 1.67 bits per heavy atom. The topological polar surface area (TPSA) is 37.8 Å². The van der Waals surface area contributed by atoms with Crippen LogP contribution in [0.1, 0.15) is 11.1 Å². The second-order valence-corrected chi connectivity index (χ2v) is 4.67. The summed E-state index contributed by atoms with van der Waals surface area (Å²) in [6.07, 6.45) is 2.01. The number of hydrogen-bond donors (Lipinski definition) is 1. The Morgan fingerprint density at radius 3 is 2.48 bits per heavy atom. The van der Waals surface area contributed by atoms with Crippen LogP contribution in [0.3, 0.4) is 0 Å². The highest BCUT2D eigenvalue weighted by molar-refractivity contribution is 5.61. The van der Waals surface area contributed by atoms with E-state index in [1.165, 1.54) is 18.0 Å². The first-order valence-corrected chi connectivity index (χ1v) is 6.68. The molecule has 4 heteroatoms. The van der Waals surface area contributed by atoms with Gasteiger partial charge in [-0.15, -0.1) is 0 Å². The first-order valence-electron chi connectivity index (χ1n) is 6.68. The maximum absolute atomic E-state index is 13.1. The van der Waals surface area contributed by atoms with Gasteiger partial charge in [-0.2, -0.15) is 4.39 Å². The van der Waals surface area contributed by atoms with Crippen LogP contribution in [-0.2, 0) is 6.42 Å². The van der Waals surface area contributed by atoms with Crippen molar-refractivity contribution in [3.05, 3.63) is 84.1 Å². The number of aromatic nitrogens is 2. The zero-order chi connectivity index (χ0) is 14.5. The molecule has 1 aromatic heterocycles. The van der Waals surface area contributed by atoms with Gasteiger partial charge in [0, 0.05) is 11.8 Å². The van der Waals surface area contributed by atoms with Gasteiger partial charge < -0.3 is 5.32 Å². The highest BCUT2D eigenvalue weighted by Gasteiger charge is 2.05. The van der Waals surface area contributed by atoms with Crippen molar-refractivity contribution in [2.75, 3.05) is 5.32 Å². The number of anilines is 2. The number of benzene rings is 2. The van der Waals surface area contributed by atoms with Gasteiger partial charge in [-0.1, -0.05) is 48.5 Å². The van der Waals surface area contributed by atoms with Crippen LogP contribution in [-0.4, -0.2) is 9.97 Å². The second kappa shape index (κ2) is 6.13. The molecule has 0 aliphatic carbocycles. The number of nitrogens with one attached hydrogen (secondary N) is 1. The lowest BCUT2D eigenvalue weighted by Gasteiger charge is -2.11. The van der Waals surface area contributed by atoms with E-state index in [0.29, 0.717) is 5.82 Å². The molecule has 2 aromatic carbocycles. The first-order chi connectivity index (χ1) is 10.3. The van der Waals surface area contributed by atoms with Gasteiger partial charge in [-0.05, 0) is 23.6 Å². The van der Waals surface area contributed by atoms with Crippen LogP contribution < -0.4 is 5.32 Å². The lowest BCUT2D eigenvalue weighted by atomic mass is 10.0. The molecule has 3 aromatic rings. The molecule has 0 saturated carbocycles. The highest BCUT2D eigenvalue weighted by atomic mass is 19.1. The number of hydrogen-bond acceptors (Lipinski definition) is 3. The third-order valence-electron chi connectivity index (χ3n) is 3.15. The molecule has 0 saturated heterocycles. The molecule has 0 bridgehead atoms. The van der Waals surface area contributed by atoms with Crippen LogP contribution in [0.25, 0.3) is 0 Å². The molecule has 0 aliphatic rings. The van der Waals surface area contributed by atoms with E-state index in [4.69, 9.17) is 0 Å². The van der Waals surface area contributed by atoms with E-state index in [-0.39, 0.29) is 0 Å². The Kier molecular flexibility index (Phi) is 3.87. The SMILES string of the molecule is Fc1cc(Nc2ccccc2Cc2ccccc2)ncn1. The quantitative estimate of drug-likeness (QED) is 0.735. The van der Waals surface area contributed by atoms with Crippen LogP contribution in [0.4, 0.5) is 15.9 Å². The zero-order valence-electron chi connectivity index (χ0n) is 11.3. The summed E-state index contributed by atoms with van der Waals surface area (Å²) < 4.78 is 13.1. The molecule has 0 spiro atoms. The summed E-state index contributed by atoms with van der Waals surface area (Å²) in [6.45, 7) is 0. The van der Waals surface area contributed by atoms with Crippen molar-refractivity contribution in [1.29, 1.82) is 0 Å². The molecular weight excluding hydrogens is 265 g/mol. The number of nitrogens with zero attached hydrogens (tertiary/aromatic N) is 2. The van der Waals surface area contributed by atoms with Gasteiger partial charge in [0.25, 0.3) is 0 Å². The minimum Gasteiger partial charge on any atom is -0.340 e. The van der Waals surface area contributed by atoms with E-state index in [1.807, 2.05) is 42.5 Å². The molecule has 104 valence electrons. The Hall–Kier alpha value is -2.75. The summed E-state index contributed by atoms with van der Waals surface area (Å²) >= 11 is 0. The normalized spacial score (nSPS) is 10.3. The Bertz CT molecular complexity index is 729. The van der Waals surface area contributed by atoms with E-state index < -0.39 is 5.95 Å². The number of halogens is 1. The fraction of sp³-hybridized carbons (Fsp3) is 0.0588. The van der Waals surface area contributed by atoms with Crippen molar-refractivity contribution in [3.63, 3.8) is 0 Å². The summed E-state index contributed by atoms with van der Waals surface area (Å²) in [4.78, 5) is 7.47. The molecule has 0 aliphatic heterocycles. The number of rotatable bonds is 4. The van der Waals surface area contributed by atoms with Crippen LogP contribution in [0.2, 0.25) is 0 Å². The minimum atomic E-state index is -0.548. The predicted octanol–water partition coefficient (Wildman–Crippen LogP) is 3.95. The van der Waals surface area contributed by atoms with E-state index in [9.17, 15) is 4.39 Å². The average Bonchev–Trinajstić information content (AvgIpc) is 2.50. The van der Waals surface area contributed by atoms with Crippen LogP contribution >= 0.6 is 0 Å². The molecule has 3 rings (SSSR count). The molecule has 21 heavy (non-hydrogen) atoms. The maximum Gasteiger partial charge on any atom is 0.218 e. The minimum absolute atomic E-state index is 0.447. The molecule has 1 heterocycles. The second-order valence-electron chi connectivity index (χ2n) is 4.67. The van der Waals surface area contributed by atoms with Crippen molar-refractivity contribution in [2.24, 2.45) is 0 Å². The molecule has 1 N–H and O–H groups in total. The van der Waals surface area contributed by atoms with Gasteiger partial charge in [0.2, 0.25) is 5.95 Å². The summed E-state index contributed by atoms with van der Waals surface area (Å²) in [7, 11) is 0. The summed E-state index contributed by atoms with van der Waals surface area (Å²) in [5.41, 5.74) is 3.27. The van der Waals surface area contributed by atoms with E-state index >= 15 is 0 Å². The molecule has 0 atom stereocenters. The van der Waals surface area contributed by atoms with Gasteiger partial charge >= 0.3 is 0 Å². The molecule has 0 unspecified atom stereocenters. The highest BCUT2D eigenvalue weighted by Crippen LogP contribution is 2.22. The van der Waals surface area contributed by atoms with Crippen LogP contribution in [0.5, 0.6) is 0 Å². The Labute approximate surface area is 122 Å². The summed E-state index contributed by atoms with van der Waals surface area (Å²) in [5.74, 6) is -0.101. The lowest BCUT2D eigenvalue weighted by molar-refractivity contribution is 0.580. The maximum atomic E-state index is 13.1. The van der Waals surface area contributed by atoms with Crippen LogP contribution in [0.15, 0.2) is 67.0 Å². The molecule has 3 nitrogen and oxygen atoms in total. The third-order valence-corrected chi connectivity index (χ3v) is 3.15. The van der Waals surface area contributed by atoms with Gasteiger partial charge in [0.15, 0.2) is 0 Å². The average molecular weight is 279 g/mol. The molecule has 0 radical (unpaired) electrons. The van der Waals surface area contributed by atoms with Gasteiger partial charge in [-0.25, -0.2) is 9.97 Å². The predicted molar refractivity (Wildman–Crippen MR) is 81.0 cm³/mol. The largest absolute Gasteiger partial charge is 0.340 e. The Morgan fingerprint density at radius 1 is 0.905 bits per heavy atom. The fourth-order valence-corrected chi connectivity index (χ4v) is 2.15. The van der Waals surface area contributed by atoms with Crippen molar-refractivity contribution in [2.45, 2.75) is 6.42 Å². The smallest absolute Gasteiger partial charge is 0.218 e. The summed E-state index contributed by atoms with van der Waals surface area (Å²) in [6, 6.07) is 19.4. The van der Waals surface area contributed by atoms with Gasteiger partial charge in [-0.3, -0.25) is 0 Å². The lowest BCUT2D eigenvalue weighted by Crippen LogP contribution is -1.99. The number of para-hydroxylation sites is 1. The monoisotopic (exact) mass is 279 g/mol. The summed E-state index contributed by atoms with van der Waals surface area (Å²) in [5, 5.41) is 3.14. The van der Waals surface area contributed by atoms with E-state index in [0.717, 1.165) is 17.7 Å².